The van der Waals surface area contributed by atoms with Crippen LogP contribution in [0.3, 0.4) is 0 Å². The Hall–Kier alpha value is -0.780. The zero-order valence-corrected chi connectivity index (χ0v) is 8.42. The molecule has 1 unspecified atom stereocenters. The number of unbranched alkanes of at least 4 members (excludes halogenated alkanes) is 1. The molecular weight excluding hydrogens is 156 g/mol. The predicted octanol–water partition coefficient (Wildman–Crippen LogP) is 4.01. The summed E-state index contributed by atoms with van der Waals surface area (Å²) in [5.74, 6) is 0.919. The Morgan fingerprint density at radius 3 is 2.62 bits per heavy atom. The minimum atomic E-state index is 0.919. The summed E-state index contributed by atoms with van der Waals surface area (Å²) in [5.41, 5.74) is 3.23. The highest BCUT2D eigenvalue weighted by Gasteiger charge is 2.25. The van der Waals surface area contributed by atoms with Gasteiger partial charge in [-0.3, -0.25) is 0 Å². The number of hydrogen-bond acceptors (Lipinski definition) is 0. The lowest BCUT2D eigenvalue weighted by molar-refractivity contribution is 0.399. The molecule has 2 aliphatic rings. The molecule has 0 amide bonds. The molecule has 0 N–H and O–H groups in total. The normalized spacial score (nSPS) is 25.5. The molecule has 13 heavy (non-hydrogen) atoms. The Balaban J connectivity index is 1.97. The molecule has 0 radical (unpaired) electrons. The van der Waals surface area contributed by atoms with Gasteiger partial charge in [0.15, 0.2) is 0 Å². The van der Waals surface area contributed by atoms with Gasteiger partial charge < -0.3 is 0 Å². The van der Waals surface area contributed by atoms with Gasteiger partial charge in [-0.15, -0.1) is 0 Å². The summed E-state index contributed by atoms with van der Waals surface area (Å²) in [7, 11) is 0. The molecular formula is C13H18. The first-order chi connectivity index (χ1) is 6.42. The fourth-order valence-corrected chi connectivity index (χ4v) is 2.23. The van der Waals surface area contributed by atoms with E-state index in [4.69, 9.17) is 0 Å². The van der Waals surface area contributed by atoms with Crippen LogP contribution in [0.4, 0.5) is 0 Å². The van der Waals surface area contributed by atoms with Gasteiger partial charge in [0, 0.05) is 0 Å². The molecule has 0 aromatic heterocycles. The van der Waals surface area contributed by atoms with Gasteiger partial charge in [-0.2, -0.15) is 0 Å². The third-order valence-electron chi connectivity index (χ3n) is 3.19. The van der Waals surface area contributed by atoms with E-state index in [1.165, 1.54) is 37.7 Å². The van der Waals surface area contributed by atoms with Crippen LogP contribution in [0.5, 0.6) is 0 Å². The maximum Gasteiger partial charge on any atom is -0.0191 e. The summed E-state index contributed by atoms with van der Waals surface area (Å²) in [4.78, 5) is 0. The zero-order valence-electron chi connectivity index (χ0n) is 8.42. The van der Waals surface area contributed by atoms with Gasteiger partial charge in [-0.1, -0.05) is 49.6 Å². The summed E-state index contributed by atoms with van der Waals surface area (Å²) >= 11 is 0. The minimum Gasteiger partial charge on any atom is -0.0654 e. The van der Waals surface area contributed by atoms with E-state index in [1.807, 2.05) is 0 Å². The van der Waals surface area contributed by atoms with Gasteiger partial charge in [-0.05, 0) is 30.8 Å². The molecule has 0 saturated heterocycles. The van der Waals surface area contributed by atoms with Gasteiger partial charge in [-0.25, -0.2) is 0 Å². The highest BCUT2D eigenvalue weighted by atomic mass is 14.3. The topological polar surface area (TPSA) is 0 Å². The van der Waals surface area contributed by atoms with Crippen LogP contribution in [0.2, 0.25) is 0 Å². The fourth-order valence-electron chi connectivity index (χ4n) is 2.23. The monoisotopic (exact) mass is 174 g/mol. The Labute approximate surface area is 81.0 Å². The Kier molecular flexibility index (Phi) is 2.68. The van der Waals surface area contributed by atoms with E-state index in [9.17, 15) is 0 Å². The number of rotatable bonds is 3. The van der Waals surface area contributed by atoms with E-state index in [0.717, 1.165) is 5.92 Å². The lowest BCUT2D eigenvalue weighted by atomic mass is 9.74. The van der Waals surface area contributed by atoms with Crippen LogP contribution < -0.4 is 0 Å². The van der Waals surface area contributed by atoms with Crippen molar-refractivity contribution in [3.63, 3.8) is 0 Å². The molecule has 1 atom stereocenters. The van der Waals surface area contributed by atoms with Crippen molar-refractivity contribution in [2.75, 3.05) is 0 Å². The highest BCUT2D eigenvalue weighted by Crippen LogP contribution is 2.40. The standard InChI is InChI=1S/C13H18/c1-2-3-6-12-9-10-13(12)11-7-4-5-8-11/h4-5,7-8,12H,2-3,6,9-10H2,1H3. The average Bonchev–Trinajstić information content (AvgIpc) is 2.56. The zero-order chi connectivity index (χ0) is 9.10. The van der Waals surface area contributed by atoms with Gasteiger partial charge in [0.1, 0.15) is 0 Å². The quantitative estimate of drug-likeness (QED) is 0.606. The largest absolute Gasteiger partial charge is 0.0654 e. The first-order valence-corrected chi connectivity index (χ1v) is 5.49. The minimum absolute atomic E-state index is 0.919. The lowest BCUT2D eigenvalue weighted by Crippen LogP contribution is -2.16. The van der Waals surface area contributed by atoms with E-state index in [1.54, 1.807) is 5.57 Å². The summed E-state index contributed by atoms with van der Waals surface area (Å²) < 4.78 is 0. The average molecular weight is 174 g/mol. The lowest BCUT2D eigenvalue weighted by Gasteiger charge is -2.31. The molecule has 0 aromatic carbocycles. The van der Waals surface area contributed by atoms with E-state index < -0.39 is 0 Å². The summed E-state index contributed by atoms with van der Waals surface area (Å²) in [5, 5.41) is 0. The predicted molar refractivity (Wildman–Crippen MR) is 57.6 cm³/mol. The molecule has 0 aliphatic heterocycles. The van der Waals surface area contributed by atoms with Gasteiger partial charge >= 0.3 is 0 Å². The first-order valence-electron chi connectivity index (χ1n) is 5.49. The molecule has 0 bridgehead atoms. The van der Waals surface area contributed by atoms with E-state index in [2.05, 4.69) is 31.2 Å². The van der Waals surface area contributed by atoms with Gasteiger partial charge in [0.2, 0.25) is 0 Å². The van der Waals surface area contributed by atoms with E-state index >= 15 is 0 Å². The van der Waals surface area contributed by atoms with Crippen LogP contribution in [-0.4, -0.2) is 0 Å². The molecule has 70 valence electrons. The van der Waals surface area contributed by atoms with Gasteiger partial charge in [0.05, 0.1) is 0 Å². The Morgan fingerprint density at radius 1 is 1.31 bits per heavy atom. The van der Waals surface area contributed by atoms with Crippen molar-refractivity contribution in [3.8, 4) is 0 Å². The molecule has 0 aromatic rings. The van der Waals surface area contributed by atoms with Crippen LogP contribution in [-0.2, 0) is 0 Å². The summed E-state index contributed by atoms with van der Waals surface area (Å²) in [6, 6.07) is 0. The molecule has 0 spiro atoms. The third kappa shape index (κ3) is 1.77. The van der Waals surface area contributed by atoms with Crippen molar-refractivity contribution in [3.05, 3.63) is 35.5 Å². The Bertz CT molecular complexity index is 252. The third-order valence-corrected chi connectivity index (χ3v) is 3.19. The molecule has 2 aliphatic carbocycles. The van der Waals surface area contributed by atoms with E-state index in [-0.39, 0.29) is 0 Å². The molecule has 1 saturated carbocycles. The SMILES string of the molecule is CCCCC1CCC1=C1C=CC=C1. The molecule has 0 heterocycles. The van der Waals surface area contributed by atoms with Crippen LogP contribution in [0.1, 0.15) is 39.0 Å². The Morgan fingerprint density at radius 2 is 2.08 bits per heavy atom. The maximum atomic E-state index is 2.28. The summed E-state index contributed by atoms with van der Waals surface area (Å²) in [6.45, 7) is 2.28. The molecule has 2 rings (SSSR count). The smallest absolute Gasteiger partial charge is 0.0191 e. The second-order valence-corrected chi connectivity index (χ2v) is 4.08. The van der Waals surface area contributed by atoms with Crippen molar-refractivity contribution in [2.24, 2.45) is 5.92 Å². The van der Waals surface area contributed by atoms with Crippen molar-refractivity contribution in [1.29, 1.82) is 0 Å². The maximum absolute atomic E-state index is 2.28. The highest BCUT2D eigenvalue weighted by molar-refractivity contribution is 5.45. The molecule has 1 fully saturated rings. The molecule has 0 heteroatoms. The van der Waals surface area contributed by atoms with Crippen molar-refractivity contribution >= 4 is 0 Å². The van der Waals surface area contributed by atoms with E-state index in [0.29, 0.717) is 0 Å². The van der Waals surface area contributed by atoms with Crippen molar-refractivity contribution in [1.82, 2.24) is 0 Å². The van der Waals surface area contributed by atoms with Gasteiger partial charge in [0.25, 0.3) is 0 Å². The first kappa shape index (κ1) is 8.80. The number of hydrogen-bond donors (Lipinski definition) is 0. The summed E-state index contributed by atoms with van der Waals surface area (Å²) in [6.07, 6.45) is 15.7. The number of allylic oxidation sites excluding steroid dienone is 6. The fraction of sp³-hybridized carbons (Fsp3) is 0.538. The van der Waals surface area contributed by atoms with Crippen LogP contribution >= 0.6 is 0 Å². The van der Waals surface area contributed by atoms with Crippen molar-refractivity contribution < 1.29 is 0 Å². The van der Waals surface area contributed by atoms with Crippen molar-refractivity contribution in [2.45, 2.75) is 39.0 Å². The molecule has 0 nitrogen and oxygen atoms in total. The van der Waals surface area contributed by atoms with Crippen LogP contribution in [0.15, 0.2) is 35.5 Å². The second-order valence-electron chi connectivity index (χ2n) is 4.08. The van der Waals surface area contributed by atoms with Crippen LogP contribution in [0, 0.1) is 5.92 Å². The second kappa shape index (κ2) is 3.95. The van der Waals surface area contributed by atoms with Crippen LogP contribution in [0.25, 0.3) is 0 Å².